The van der Waals surface area contributed by atoms with Crippen molar-refractivity contribution in [2.24, 2.45) is 0 Å². The molecule has 102 valence electrons. The van der Waals surface area contributed by atoms with E-state index >= 15 is 0 Å². The molecule has 0 aromatic heterocycles. The molecule has 0 aliphatic heterocycles. The van der Waals surface area contributed by atoms with E-state index in [2.05, 4.69) is 10.6 Å². The van der Waals surface area contributed by atoms with Gasteiger partial charge in [-0.25, -0.2) is 8.42 Å². The van der Waals surface area contributed by atoms with Gasteiger partial charge in [0, 0.05) is 17.8 Å². The van der Waals surface area contributed by atoms with Crippen LogP contribution in [-0.2, 0) is 14.6 Å². The number of sulfone groups is 1. The van der Waals surface area contributed by atoms with Crippen molar-refractivity contribution in [3.8, 4) is 0 Å². The lowest BCUT2D eigenvalue weighted by Crippen LogP contribution is -2.45. The highest BCUT2D eigenvalue weighted by Crippen LogP contribution is 1.97. The van der Waals surface area contributed by atoms with Gasteiger partial charge in [0.1, 0.15) is 0 Å². The normalized spacial score (nSPS) is 12.5. The minimum atomic E-state index is -2.96. The molecule has 0 spiro atoms. The molecule has 2 N–H and O–H groups in total. The van der Waals surface area contributed by atoms with Crippen LogP contribution in [0.5, 0.6) is 0 Å². The van der Waals surface area contributed by atoms with Crippen LogP contribution in [0.3, 0.4) is 0 Å². The molecule has 0 aromatic rings. The first-order valence-corrected chi connectivity index (χ1v) is 7.70. The standard InChI is InChI=1S/C11H24N2O3S/c1-5-7-17(15,16)8-6-12-9-10(14)13-11(2,3)4/h12H,5-9H2,1-4H3,(H,13,14). The lowest BCUT2D eigenvalue weighted by molar-refractivity contribution is -0.121. The summed E-state index contributed by atoms with van der Waals surface area (Å²) in [4.78, 5) is 11.4. The van der Waals surface area contributed by atoms with Crippen LogP contribution in [0.15, 0.2) is 0 Å². The summed E-state index contributed by atoms with van der Waals surface area (Å²) in [6.07, 6.45) is 0.632. The molecule has 5 nitrogen and oxygen atoms in total. The largest absolute Gasteiger partial charge is 0.350 e. The topological polar surface area (TPSA) is 75.3 Å². The molecule has 0 saturated carbocycles. The average molecular weight is 264 g/mol. The molecule has 0 rings (SSSR count). The van der Waals surface area contributed by atoms with Crippen LogP contribution in [0, 0.1) is 0 Å². The molecule has 0 radical (unpaired) electrons. The van der Waals surface area contributed by atoms with Crippen LogP contribution in [0.1, 0.15) is 34.1 Å². The molecular weight excluding hydrogens is 240 g/mol. The first-order chi connectivity index (χ1) is 7.66. The molecule has 0 heterocycles. The zero-order valence-electron chi connectivity index (χ0n) is 11.2. The quantitative estimate of drug-likeness (QED) is 0.649. The fraction of sp³-hybridized carbons (Fsp3) is 0.909. The second-order valence-electron chi connectivity index (χ2n) is 5.13. The Hall–Kier alpha value is -0.620. The van der Waals surface area contributed by atoms with Gasteiger partial charge in [-0.15, -0.1) is 0 Å². The second-order valence-corrected chi connectivity index (χ2v) is 7.43. The van der Waals surface area contributed by atoms with Crippen molar-refractivity contribution < 1.29 is 13.2 Å². The number of nitrogens with one attached hydrogen (secondary N) is 2. The first kappa shape index (κ1) is 16.4. The smallest absolute Gasteiger partial charge is 0.234 e. The van der Waals surface area contributed by atoms with Crippen LogP contribution < -0.4 is 10.6 Å². The van der Waals surface area contributed by atoms with Crippen molar-refractivity contribution in [1.82, 2.24) is 10.6 Å². The monoisotopic (exact) mass is 264 g/mol. The fourth-order valence-electron chi connectivity index (χ4n) is 1.31. The molecule has 0 unspecified atom stereocenters. The molecule has 0 aliphatic rings. The summed E-state index contributed by atoms with van der Waals surface area (Å²) in [5.41, 5.74) is -0.257. The summed E-state index contributed by atoms with van der Waals surface area (Å²) in [6, 6.07) is 0. The molecule has 0 fully saturated rings. The maximum absolute atomic E-state index is 11.4. The molecule has 0 atom stereocenters. The van der Waals surface area contributed by atoms with Crippen LogP contribution in [0.25, 0.3) is 0 Å². The van der Waals surface area contributed by atoms with E-state index in [9.17, 15) is 13.2 Å². The number of carbonyl (C=O) groups excluding carboxylic acids is 1. The van der Waals surface area contributed by atoms with Crippen molar-refractivity contribution >= 4 is 15.7 Å². The van der Waals surface area contributed by atoms with E-state index in [4.69, 9.17) is 0 Å². The van der Waals surface area contributed by atoms with Gasteiger partial charge < -0.3 is 10.6 Å². The highest BCUT2D eigenvalue weighted by molar-refractivity contribution is 7.91. The summed E-state index contributed by atoms with van der Waals surface area (Å²) in [5, 5.41) is 5.62. The van der Waals surface area contributed by atoms with Crippen molar-refractivity contribution in [3.05, 3.63) is 0 Å². The summed E-state index contributed by atoms with van der Waals surface area (Å²) in [7, 11) is -2.96. The first-order valence-electron chi connectivity index (χ1n) is 5.88. The molecular formula is C11H24N2O3S. The number of hydrogen-bond donors (Lipinski definition) is 2. The Morgan fingerprint density at radius 3 is 2.24 bits per heavy atom. The summed E-state index contributed by atoms with van der Waals surface area (Å²) in [5.74, 6) is 0.178. The van der Waals surface area contributed by atoms with Crippen LogP contribution >= 0.6 is 0 Å². The number of carbonyl (C=O) groups is 1. The molecule has 0 aliphatic carbocycles. The summed E-state index contributed by atoms with van der Waals surface area (Å²) >= 11 is 0. The van der Waals surface area contributed by atoms with Gasteiger partial charge in [0.15, 0.2) is 9.84 Å². The number of hydrogen-bond acceptors (Lipinski definition) is 4. The average Bonchev–Trinajstić information content (AvgIpc) is 2.09. The fourth-order valence-corrected chi connectivity index (χ4v) is 2.59. The van der Waals surface area contributed by atoms with E-state index in [-0.39, 0.29) is 29.5 Å². The van der Waals surface area contributed by atoms with E-state index in [0.717, 1.165) is 0 Å². The number of amides is 1. The van der Waals surface area contributed by atoms with E-state index in [1.807, 2.05) is 27.7 Å². The predicted octanol–water partition coefficient (Wildman–Crippen LogP) is 0.316. The van der Waals surface area contributed by atoms with E-state index < -0.39 is 9.84 Å². The predicted molar refractivity (Wildman–Crippen MR) is 69.7 cm³/mol. The molecule has 6 heteroatoms. The molecule has 0 saturated heterocycles. The third-order valence-electron chi connectivity index (χ3n) is 1.90. The maximum Gasteiger partial charge on any atom is 0.234 e. The third kappa shape index (κ3) is 10.3. The van der Waals surface area contributed by atoms with E-state index in [0.29, 0.717) is 13.0 Å². The molecule has 1 amide bonds. The van der Waals surface area contributed by atoms with Crippen LogP contribution in [-0.4, -0.2) is 44.5 Å². The van der Waals surface area contributed by atoms with E-state index in [1.165, 1.54) is 0 Å². The van der Waals surface area contributed by atoms with Gasteiger partial charge in [0.25, 0.3) is 0 Å². The highest BCUT2D eigenvalue weighted by atomic mass is 32.2. The highest BCUT2D eigenvalue weighted by Gasteiger charge is 2.13. The Labute approximate surface area is 104 Å². The molecule has 17 heavy (non-hydrogen) atoms. The lowest BCUT2D eigenvalue weighted by Gasteiger charge is -2.20. The summed E-state index contributed by atoms with van der Waals surface area (Å²) < 4.78 is 22.7. The van der Waals surface area contributed by atoms with Crippen molar-refractivity contribution in [2.45, 2.75) is 39.7 Å². The summed E-state index contributed by atoms with van der Waals surface area (Å²) in [6.45, 7) is 8.00. The Kier molecular flexibility index (Phi) is 6.70. The SMILES string of the molecule is CCCS(=O)(=O)CCNCC(=O)NC(C)(C)C. The van der Waals surface area contributed by atoms with Gasteiger partial charge in [0.2, 0.25) is 5.91 Å². The Morgan fingerprint density at radius 1 is 1.18 bits per heavy atom. The van der Waals surface area contributed by atoms with Gasteiger partial charge in [-0.3, -0.25) is 4.79 Å². The van der Waals surface area contributed by atoms with Gasteiger partial charge in [-0.1, -0.05) is 6.92 Å². The van der Waals surface area contributed by atoms with Crippen LogP contribution in [0.2, 0.25) is 0 Å². The van der Waals surface area contributed by atoms with Crippen LogP contribution in [0.4, 0.5) is 0 Å². The minimum Gasteiger partial charge on any atom is -0.350 e. The van der Waals surface area contributed by atoms with Crippen molar-refractivity contribution in [1.29, 1.82) is 0 Å². The Balaban J connectivity index is 3.76. The van der Waals surface area contributed by atoms with Gasteiger partial charge in [-0.2, -0.15) is 0 Å². The Bertz CT molecular complexity index is 331. The lowest BCUT2D eigenvalue weighted by atomic mass is 10.1. The van der Waals surface area contributed by atoms with Gasteiger partial charge >= 0.3 is 0 Å². The maximum atomic E-state index is 11.4. The minimum absolute atomic E-state index is 0.0869. The Morgan fingerprint density at radius 2 is 1.76 bits per heavy atom. The number of rotatable bonds is 7. The van der Waals surface area contributed by atoms with E-state index in [1.54, 1.807) is 0 Å². The van der Waals surface area contributed by atoms with Crippen molar-refractivity contribution in [2.75, 3.05) is 24.6 Å². The zero-order valence-corrected chi connectivity index (χ0v) is 12.0. The molecule has 0 bridgehead atoms. The molecule has 0 aromatic carbocycles. The van der Waals surface area contributed by atoms with Gasteiger partial charge in [0.05, 0.1) is 12.3 Å². The third-order valence-corrected chi connectivity index (χ3v) is 3.76. The second kappa shape index (κ2) is 6.96. The van der Waals surface area contributed by atoms with Crippen molar-refractivity contribution in [3.63, 3.8) is 0 Å². The van der Waals surface area contributed by atoms with Gasteiger partial charge in [-0.05, 0) is 27.2 Å². The zero-order chi connectivity index (χ0) is 13.5.